The van der Waals surface area contributed by atoms with E-state index in [4.69, 9.17) is 0 Å². The Labute approximate surface area is 210 Å². The van der Waals surface area contributed by atoms with Gasteiger partial charge >= 0.3 is 17.1 Å². The van der Waals surface area contributed by atoms with E-state index < -0.39 is 22.1 Å². The van der Waals surface area contributed by atoms with Crippen LogP contribution in [0.15, 0.2) is 64.7 Å². The zero-order valence-corrected chi connectivity index (χ0v) is 19.8. The predicted molar refractivity (Wildman–Crippen MR) is 137 cm³/mol. The lowest BCUT2D eigenvalue weighted by molar-refractivity contribution is -0.384. The minimum absolute atomic E-state index is 0.135. The van der Waals surface area contributed by atoms with Gasteiger partial charge in [0.25, 0.3) is 5.69 Å². The molecule has 0 aliphatic heterocycles. The molecule has 1 aliphatic carbocycles. The van der Waals surface area contributed by atoms with Crippen LogP contribution in [0.2, 0.25) is 0 Å². The Hall–Kier alpha value is -4.74. The predicted octanol–water partition coefficient (Wildman–Crippen LogP) is 3.61. The van der Waals surface area contributed by atoms with Crippen LogP contribution >= 0.6 is 0 Å². The van der Waals surface area contributed by atoms with Crippen LogP contribution in [0.5, 0.6) is 0 Å². The number of urea groups is 1. The number of benzene rings is 1. The molecule has 0 radical (unpaired) electrons. The summed E-state index contributed by atoms with van der Waals surface area (Å²) in [4.78, 5) is 55.2. The third kappa shape index (κ3) is 4.99. The number of rotatable bonds is 6. The van der Waals surface area contributed by atoms with Crippen LogP contribution < -0.4 is 21.8 Å². The molecule has 1 aromatic carbocycles. The van der Waals surface area contributed by atoms with Gasteiger partial charge in [0.2, 0.25) is 0 Å². The monoisotopic (exact) mass is 503 g/mol. The number of amides is 2. The Morgan fingerprint density at radius 3 is 2.62 bits per heavy atom. The third-order valence-electron chi connectivity index (χ3n) is 6.57. The fraction of sp³-hybridized carbons (Fsp3) is 0.280. The number of fused-ring (bicyclic) bond motifs is 1. The van der Waals surface area contributed by atoms with Crippen molar-refractivity contribution in [3.05, 3.63) is 91.5 Å². The Bertz CT molecular complexity index is 1580. The molecule has 12 nitrogen and oxygen atoms in total. The normalized spacial score (nSPS) is 13.9. The highest BCUT2D eigenvalue weighted by atomic mass is 16.6. The van der Waals surface area contributed by atoms with Crippen molar-refractivity contribution in [2.45, 2.75) is 44.7 Å². The minimum Gasteiger partial charge on any atom is -0.334 e. The van der Waals surface area contributed by atoms with E-state index in [0.29, 0.717) is 16.8 Å². The molecule has 2 amide bonds. The average molecular weight is 504 g/mol. The van der Waals surface area contributed by atoms with E-state index in [0.717, 1.165) is 32.1 Å². The second kappa shape index (κ2) is 10.1. The van der Waals surface area contributed by atoms with E-state index in [1.54, 1.807) is 53.6 Å². The fourth-order valence-electron chi connectivity index (χ4n) is 4.80. The van der Waals surface area contributed by atoms with Crippen LogP contribution in [0.1, 0.15) is 43.7 Å². The van der Waals surface area contributed by atoms with E-state index in [9.17, 15) is 24.5 Å². The van der Waals surface area contributed by atoms with Crippen molar-refractivity contribution in [3.63, 3.8) is 0 Å². The Balaban J connectivity index is 1.48. The highest BCUT2D eigenvalue weighted by Crippen LogP contribution is 2.32. The van der Waals surface area contributed by atoms with E-state index in [-0.39, 0.29) is 29.5 Å². The second-order valence-electron chi connectivity index (χ2n) is 9.01. The molecule has 3 heterocycles. The molecule has 37 heavy (non-hydrogen) atoms. The molecule has 1 saturated carbocycles. The number of nitro benzene ring substituents is 1. The van der Waals surface area contributed by atoms with E-state index in [1.165, 1.54) is 10.6 Å². The van der Waals surface area contributed by atoms with E-state index in [2.05, 4.69) is 20.6 Å². The molecule has 0 saturated heterocycles. The minimum atomic E-state index is -0.792. The van der Waals surface area contributed by atoms with E-state index in [1.807, 2.05) is 0 Å². The van der Waals surface area contributed by atoms with Gasteiger partial charge in [-0.25, -0.2) is 4.79 Å². The molecule has 3 aromatic heterocycles. The molecule has 5 rings (SSSR count). The Kier molecular flexibility index (Phi) is 6.54. The summed E-state index contributed by atoms with van der Waals surface area (Å²) in [5.41, 5.74) is 0.582. The van der Waals surface area contributed by atoms with Gasteiger partial charge in [-0.15, -0.1) is 0 Å². The molecule has 4 aromatic rings. The number of pyridine rings is 1. The summed E-state index contributed by atoms with van der Waals surface area (Å²) in [7, 11) is 0. The summed E-state index contributed by atoms with van der Waals surface area (Å²) in [5, 5.41) is 17.4. The number of carbonyl (C=O) groups is 1. The average Bonchev–Trinajstić information content (AvgIpc) is 3.38. The van der Waals surface area contributed by atoms with Gasteiger partial charge in [0, 0.05) is 49.1 Å². The highest BCUT2D eigenvalue weighted by Gasteiger charge is 2.24. The fourth-order valence-corrected chi connectivity index (χ4v) is 4.80. The molecule has 1 aliphatic rings. The van der Waals surface area contributed by atoms with Gasteiger partial charge in [-0.2, -0.15) is 0 Å². The second-order valence-corrected chi connectivity index (χ2v) is 9.01. The lowest BCUT2D eigenvalue weighted by Crippen LogP contribution is -2.39. The molecule has 0 bridgehead atoms. The summed E-state index contributed by atoms with van der Waals surface area (Å²) in [6, 6.07) is 7.39. The number of aromatic nitrogens is 4. The van der Waals surface area contributed by atoms with Crippen LogP contribution in [0.4, 0.5) is 16.2 Å². The van der Waals surface area contributed by atoms with Crippen LogP contribution in [0.3, 0.4) is 0 Å². The molecule has 0 atom stereocenters. The van der Waals surface area contributed by atoms with Crippen molar-refractivity contribution in [2.75, 3.05) is 5.32 Å². The smallest absolute Gasteiger partial charge is 0.319 e. The number of nitro groups is 1. The number of hydrogen-bond acceptors (Lipinski definition) is 6. The van der Waals surface area contributed by atoms with Gasteiger partial charge in [0.1, 0.15) is 5.69 Å². The van der Waals surface area contributed by atoms with Crippen molar-refractivity contribution in [3.8, 4) is 5.69 Å². The number of hydrogen-bond donors (Lipinski definition) is 3. The molecule has 12 heteroatoms. The highest BCUT2D eigenvalue weighted by molar-refractivity contribution is 5.89. The van der Waals surface area contributed by atoms with Gasteiger partial charge in [-0.05, 0) is 42.7 Å². The van der Waals surface area contributed by atoms with Crippen LogP contribution in [-0.4, -0.2) is 30.1 Å². The third-order valence-corrected chi connectivity index (χ3v) is 6.57. The maximum atomic E-state index is 12.9. The Morgan fingerprint density at radius 1 is 1.14 bits per heavy atom. The van der Waals surface area contributed by atoms with Gasteiger partial charge in [-0.1, -0.05) is 19.3 Å². The SMILES string of the molecule is O=C(NCc1ccn(-c2cc3c(cc2[N+](=O)[O-])[nH]c(=O)c(=O)n3C2CCCCC2)c1)Nc1ccncc1. The molecule has 1 fully saturated rings. The largest absolute Gasteiger partial charge is 0.334 e. The molecule has 0 spiro atoms. The first-order valence-electron chi connectivity index (χ1n) is 12.0. The first-order chi connectivity index (χ1) is 17.9. The van der Waals surface area contributed by atoms with Crippen molar-refractivity contribution in [1.29, 1.82) is 0 Å². The summed E-state index contributed by atoms with van der Waals surface area (Å²) in [6.07, 6.45) is 11.0. The molecular weight excluding hydrogens is 478 g/mol. The maximum Gasteiger partial charge on any atom is 0.319 e. The molecule has 190 valence electrons. The lowest BCUT2D eigenvalue weighted by atomic mass is 9.95. The standard InChI is InChI=1S/C25H25N7O5/c33-23-24(34)31(18-4-2-1-3-5-18)20-13-21(22(32(36)37)12-19(20)29-23)30-11-8-16(15-30)14-27-25(35)28-17-6-9-26-10-7-17/h6-13,15,18H,1-5,14H2,(H,29,33)(H2,26,27,28,35). The molecular formula is C25H25N7O5. The quantitative estimate of drug-likeness (QED) is 0.207. The maximum absolute atomic E-state index is 12.9. The summed E-state index contributed by atoms with van der Waals surface area (Å²) in [6.45, 7) is 0.186. The summed E-state index contributed by atoms with van der Waals surface area (Å²) >= 11 is 0. The number of H-pyrrole nitrogens is 1. The van der Waals surface area contributed by atoms with E-state index >= 15 is 0 Å². The Morgan fingerprint density at radius 2 is 1.89 bits per heavy atom. The molecule has 3 N–H and O–H groups in total. The van der Waals surface area contributed by atoms with Crippen LogP contribution in [0, 0.1) is 10.1 Å². The van der Waals surface area contributed by atoms with Gasteiger partial charge in [0.15, 0.2) is 0 Å². The van der Waals surface area contributed by atoms with Gasteiger partial charge in [0.05, 0.1) is 16.0 Å². The number of nitrogens with zero attached hydrogens (tertiary/aromatic N) is 4. The van der Waals surface area contributed by atoms with Crippen molar-refractivity contribution >= 4 is 28.4 Å². The van der Waals surface area contributed by atoms with Crippen molar-refractivity contribution in [1.82, 2.24) is 24.4 Å². The zero-order chi connectivity index (χ0) is 25.9. The zero-order valence-electron chi connectivity index (χ0n) is 19.8. The van der Waals surface area contributed by atoms with Gasteiger partial charge < -0.3 is 20.2 Å². The summed E-state index contributed by atoms with van der Waals surface area (Å²) in [5.74, 6) is 0. The van der Waals surface area contributed by atoms with Crippen molar-refractivity contribution < 1.29 is 9.72 Å². The van der Waals surface area contributed by atoms with Crippen LogP contribution in [0.25, 0.3) is 16.7 Å². The number of anilines is 1. The number of nitrogens with one attached hydrogen (secondary N) is 3. The molecule has 0 unspecified atom stereocenters. The number of aromatic amines is 1. The first kappa shape index (κ1) is 24.0. The van der Waals surface area contributed by atoms with Crippen molar-refractivity contribution in [2.24, 2.45) is 0 Å². The number of carbonyl (C=O) groups excluding carboxylic acids is 1. The summed E-state index contributed by atoms with van der Waals surface area (Å²) < 4.78 is 3.08. The topological polar surface area (TPSA) is 157 Å². The first-order valence-corrected chi connectivity index (χ1v) is 12.0. The lowest BCUT2D eigenvalue weighted by Gasteiger charge is -2.25. The van der Waals surface area contributed by atoms with Gasteiger partial charge in [-0.3, -0.25) is 29.3 Å². The van der Waals surface area contributed by atoms with Crippen LogP contribution in [-0.2, 0) is 6.54 Å².